The molecule has 0 bridgehead atoms. The van der Waals surface area contributed by atoms with Crippen LogP contribution in [0.2, 0.25) is 10.0 Å². The third-order valence-electron chi connectivity index (χ3n) is 2.33. The third kappa shape index (κ3) is 2.72. The SMILES string of the molecule is O=C(c1cc(CCO)on1)c1ccc(Cl)cc1Cl. The van der Waals surface area contributed by atoms with Crippen molar-refractivity contribution < 1.29 is 14.4 Å². The second kappa shape index (κ2) is 5.52. The molecule has 1 heterocycles. The fourth-order valence-electron chi connectivity index (χ4n) is 1.46. The molecule has 94 valence electrons. The van der Waals surface area contributed by atoms with Crippen molar-refractivity contribution in [2.45, 2.75) is 6.42 Å². The van der Waals surface area contributed by atoms with E-state index in [0.29, 0.717) is 22.8 Å². The topological polar surface area (TPSA) is 63.3 Å². The van der Waals surface area contributed by atoms with Gasteiger partial charge in [-0.1, -0.05) is 28.4 Å². The molecule has 18 heavy (non-hydrogen) atoms. The Balaban J connectivity index is 2.29. The second-order valence-corrected chi connectivity index (χ2v) is 4.45. The number of ketones is 1. The predicted octanol–water partition coefficient (Wildman–Crippen LogP) is 2.75. The zero-order valence-corrected chi connectivity index (χ0v) is 10.7. The summed E-state index contributed by atoms with van der Waals surface area (Å²) in [6, 6.07) is 6.09. The van der Waals surface area contributed by atoms with E-state index >= 15 is 0 Å². The minimum absolute atomic E-state index is 0.0650. The highest BCUT2D eigenvalue weighted by molar-refractivity contribution is 6.37. The first-order chi connectivity index (χ1) is 8.61. The van der Waals surface area contributed by atoms with Crippen LogP contribution in [-0.4, -0.2) is 22.7 Å². The first-order valence-electron chi connectivity index (χ1n) is 5.18. The van der Waals surface area contributed by atoms with Gasteiger partial charge in [0.15, 0.2) is 5.69 Å². The van der Waals surface area contributed by atoms with Crippen LogP contribution in [0.25, 0.3) is 0 Å². The monoisotopic (exact) mass is 285 g/mol. The van der Waals surface area contributed by atoms with Crippen molar-refractivity contribution in [2.75, 3.05) is 6.61 Å². The highest BCUT2D eigenvalue weighted by Crippen LogP contribution is 2.23. The molecular formula is C12H9Cl2NO3. The molecule has 0 saturated heterocycles. The number of benzene rings is 1. The Hall–Kier alpha value is -1.36. The molecule has 2 rings (SSSR count). The summed E-state index contributed by atoms with van der Waals surface area (Å²) in [6.07, 6.45) is 0.314. The molecule has 0 fully saturated rings. The molecule has 0 atom stereocenters. The zero-order valence-electron chi connectivity index (χ0n) is 9.19. The molecule has 1 aromatic heterocycles. The van der Waals surface area contributed by atoms with Crippen LogP contribution < -0.4 is 0 Å². The Labute approximate surface area is 113 Å². The van der Waals surface area contributed by atoms with Gasteiger partial charge in [0.2, 0.25) is 5.78 Å². The molecule has 6 heteroatoms. The zero-order chi connectivity index (χ0) is 13.1. The van der Waals surface area contributed by atoms with Crippen LogP contribution in [0.5, 0.6) is 0 Å². The van der Waals surface area contributed by atoms with Crippen LogP contribution >= 0.6 is 23.2 Å². The molecule has 0 amide bonds. The lowest BCUT2D eigenvalue weighted by Crippen LogP contribution is -2.02. The molecule has 0 aliphatic carbocycles. The number of rotatable bonds is 4. The smallest absolute Gasteiger partial charge is 0.216 e. The molecule has 0 aliphatic rings. The number of hydrogen-bond donors (Lipinski definition) is 1. The minimum atomic E-state index is -0.343. The summed E-state index contributed by atoms with van der Waals surface area (Å²) in [6.45, 7) is -0.0650. The lowest BCUT2D eigenvalue weighted by molar-refractivity contribution is 0.103. The van der Waals surface area contributed by atoms with Crippen molar-refractivity contribution in [1.82, 2.24) is 5.16 Å². The summed E-state index contributed by atoms with van der Waals surface area (Å²) >= 11 is 11.7. The lowest BCUT2D eigenvalue weighted by atomic mass is 10.1. The molecule has 4 nitrogen and oxygen atoms in total. The van der Waals surface area contributed by atoms with Crippen molar-refractivity contribution >= 4 is 29.0 Å². The normalized spacial score (nSPS) is 10.6. The van der Waals surface area contributed by atoms with E-state index in [0.717, 1.165) is 0 Å². The number of nitrogens with zero attached hydrogens (tertiary/aromatic N) is 1. The number of carbonyl (C=O) groups excluding carboxylic acids is 1. The summed E-state index contributed by atoms with van der Waals surface area (Å²) in [4.78, 5) is 12.1. The first kappa shape index (κ1) is 13.1. The predicted molar refractivity (Wildman–Crippen MR) is 67.2 cm³/mol. The summed E-state index contributed by atoms with van der Waals surface area (Å²) in [5.41, 5.74) is 0.465. The molecular weight excluding hydrogens is 277 g/mol. The van der Waals surface area contributed by atoms with Crippen LogP contribution in [0.1, 0.15) is 21.8 Å². The van der Waals surface area contributed by atoms with E-state index in [1.54, 1.807) is 6.07 Å². The standard InChI is InChI=1S/C12H9Cl2NO3/c13-7-1-2-9(10(14)5-7)12(17)11-6-8(3-4-16)18-15-11/h1-2,5-6,16H,3-4H2. The van der Waals surface area contributed by atoms with Crippen LogP contribution in [0.15, 0.2) is 28.8 Å². The highest BCUT2D eigenvalue weighted by Gasteiger charge is 2.17. The van der Waals surface area contributed by atoms with E-state index < -0.39 is 0 Å². The van der Waals surface area contributed by atoms with Gasteiger partial charge in [-0.2, -0.15) is 0 Å². The molecule has 0 spiro atoms. The van der Waals surface area contributed by atoms with Crippen LogP contribution in [-0.2, 0) is 6.42 Å². The average molecular weight is 286 g/mol. The van der Waals surface area contributed by atoms with E-state index in [4.69, 9.17) is 32.8 Å². The molecule has 1 aromatic carbocycles. The lowest BCUT2D eigenvalue weighted by Gasteiger charge is -2.00. The van der Waals surface area contributed by atoms with Gasteiger partial charge in [-0.15, -0.1) is 0 Å². The van der Waals surface area contributed by atoms with Crippen molar-refractivity contribution in [3.05, 3.63) is 51.3 Å². The Morgan fingerprint density at radius 2 is 2.11 bits per heavy atom. The summed E-state index contributed by atoms with van der Waals surface area (Å²) in [7, 11) is 0. The Morgan fingerprint density at radius 3 is 2.78 bits per heavy atom. The van der Waals surface area contributed by atoms with Gasteiger partial charge in [-0.25, -0.2) is 0 Å². The molecule has 1 N–H and O–H groups in total. The first-order valence-corrected chi connectivity index (χ1v) is 5.93. The summed E-state index contributed by atoms with van der Waals surface area (Å²) < 4.78 is 4.91. The quantitative estimate of drug-likeness (QED) is 0.878. The maximum atomic E-state index is 12.1. The third-order valence-corrected chi connectivity index (χ3v) is 2.87. The molecule has 0 unspecified atom stereocenters. The van der Waals surface area contributed by atoms with E-state index in [1.165, 1.54) is 18.2 Å². The van der Waals surface area contributed by atoms with Crippen molar-refractivity contribution in [3.8, 4) is 0 Å². The minimum Gasteiger partial charge on any atom is -0.396 e. The highest BCUT2D eigenvalue weighted by atomic mass is 35.5. The number of aliphatic hydroxyl groups excluding tert-OH is 1. The molecule has 2 aromatic rings. The number of hydrogen-bond acceptors (Lipinski definition) is 4. The number of carbonyl (C=O) groups is 1. The maximum Gasteiger partial charge on any atom is 0.216 e. The van der Waals surface area contributed by atoms with Gasteiger partial charge < -0.3 is 9.63 Å². The Bertz CT molecular complexity index is 580. The largest absolute Gasteiger partial charge is 0.396 e. The van der Waals surface area contributed by atoms with Gasteiger partial charge in [0.25, 0.3) is 0 Å². The summed E-state index contributed by atoms with van der Waals surface area (Å²) in [5.74, 6) is 0.107. The fraction of sp³-hybridized carbons (Fsp3) is 0.167. The van der Waals surface area contributed by atoms with Gasteiger partial charge in [-0.05, 0) is 18.2 Å². The van der Waals surface area contributed by atoms with E-state index in [9.17, 15) is 4.79 Å². The van der Waals surface area contributed by atoms with Gasteiger partial charge in [0.05, 0.1) is 11.6 Å². The van der Waals surface area contributed by atoms with Crippen molar-refractivity contribution in [1.29, 1.82) is 0 Å². The van der Waals surface area contributed by atoms with Crippen molar-refractivity contribution in [2.24, 2.45) is 0 Å². The van der Waals surface area contributed by atoms with Crippen LogP contribution in [0, 0.1) is 0 Å². The molecule has 0 radical (unpaired) electrons. The Morgan fingerprint density at radius 1 is 1.33 bits per heavy atom. The van der Waals surface area contributed by atoms with Gasteiger partial charge >= 0.3 is 0 Å². The van der Waals surface area contributed by atoms with Crippen molar-refractivity contribution in [3.63, 3.8) is 0 Å². The van der Waals surface area contributed by atoms with Gasteiger partial charge in [-0.3, -0.25) is 4.79 Å². The molecule has 0 aliphatic heterocycles. The summed E-state index contributed by atoms with van der Waals surface area (Å²) in [5, 5.41) is 13.1. The Kier molecular flexibility index (Phi) is 4.01. The number of aliphatic hydroxyl groups is 1. The second-order valence-electron chi connectivity index (χ2n) is 3.61. The number of halogens is 2. The maximum absolute atomic E-state index is 12.1. The van der Waals surface area contributed by atoms with Crippen LogP contribution in [0.4, 0.5) is 0 Å². The van der Waals surface area contributed by atoms with Gasteiger partial charge in [0, 0.05) is 23.1 Å². The van der Waals surface area contributed by atoms with Gasteiger partial charge in [0.1, 0.15) is 5.76 Å². The van der Waals surface area contributed by atoms with E-state index in [-0.39, 0.29) is 23.1 Å². The number of aromatic nitrogens is 1. The average Bonchev–Trinajstić information content (AvgIpc) is 2.77. The van der Waals surface area contributed by atoms with Crippen LogP contribution in [0.3, 0.4) is 0 Å². The van der Waals surface area contributed by atoms with E-state index in [1.807, 2.05) is 0 Å². The van der Waals surface area contributed by atoms with E-state index in [2.05, 4.69) is 5.16 Å². The molecule has 0 saturated carbocycles. The fourth-order valence-corrected chi connectivity index (χ4v) is 1.95.